The number of hydrogen-bond donors (Lipinski definition) is 2. The second kappa shape index (κ2) is 10.4. The van der Waals surface area contributed by atoms with Crippen LogP contribution in [0, 0.1) is 0 Å². The van der Waals surface area contributed by atoms with Crippen LogP contribution in [0.1, 0.15) is 25.8 Å². The third-order valence-electron chi connectivity index (χ3n) is 3.64. The highest BCUT2D eigenvalue weighted by Gasteiger charge is 2.08. The van der Waals surface area contributed by atoms with Gasteiger partial charge in [0.15, 0.2) is 17.5 Å². The van der Waals surface area contributed by atoms with Crippen molar-refractivity contribution in [3.8, 4) is 11.5 Å². The summed E-state index contributed by atoms with van der Waals surface area (Å²) in [6, 6.07) is 5.59. The Hall–Kier alpha value is -2.44. The van der Waals surface area contributed by atoms with Crippen LogP contribution >= 0.6 is 0 Å². The van der Waals surface area contributed by atoms with E-state index in [0.717, 1.165) is 18.7 Å². The number of carbonyl (C=O) groups excluding carboxylic acids is 1. The molecular weight excluding hydrogens is 308 g/mol. The lowest BCUT2D eigenvalue weighted by atomic mass is 10.2. The molecule has 0 aromatic heterocycles. The first-order valence-corrected chi connectivity index (χ1v) is 8.08. The summed E-state index contributed by atoms with van der Waals surface area (Å²) in [5.41, 5.74) is 6.79. The van der Waals surface area contributed by atoms with Gasteiger partial charge < -0.3 is 25.4 Å². The molecule has 0 radical (unpaired) electrons. The minimum Gasteiger partial charge on any atom is -0.493 e. The fourth-order valence-electron chi connectivity index (χ4n) is 2.24. The van der Waals surface area contributed by atoms with Gasteiger partial charge in [0.2, 0.25) is 5.91 Å². The van der Waals surface area contributed by atoms with Crippen molar-refractivity contribution < 1.29 is 14.3 Å². The molecule has 1 rings (SSSR count). The third kappa shape index (κ3) is 5.98. The van der Waals surface area contributed by atoms with E-state index in [4.69, 9.17) is 15.2 Å². The van der Waals surface area contributed by atoms with Gasteiger partial charge in [-0.05, 0) is 31.5 Å². The molecule has 1 aromatic rings. The average molecular weight is 336 g/mol. The number of benzene rings is 1. The van der Waals surface area contributed by atoms with Crippen molar-refractivity contribution in [2.75, 3.05) is 33.9 Å². The van der Waals surface area contributed by atoms with Crippen LogP contribution in [-0.4, -0.2) is 50.6 Å². The highest BCUT2D eigenvalue weighted by molar-refractivity contribution is 5.80. The van der Waals surface area contributed by atoms with Crippen molar-refractivity contribution in [2.24, 2.45) is 10.7 Å². The lowest BCUT2D eigenvalue weighted by Gasteiger charge is -2.18. The zero-order valence-electron chi connectivity index (χ0n) is 15.0. The minimum absolute atomic E-state index is 0.111. The van der Waals surface area contributed by atoms with Crippen molar-refractivity contribution >= 4 is 11.9 Å². The molecule has 0 unspecified atom stereocenters. The van der Waals surface area contributed by atoms with Crippen LogP contribution in [0.3, 0.4) is 0 Å². The van der Waals surface area contributed by atoms with Gasteiger partial charge in [-0.15, -0.1) is 0 Å². The second-order valence-electron chi connectivity index (χ2n) is 5.13. The molecule has 0 saturated heterocycles. The van der Waals surface area contributed by atoms with Crippen LogP contribution in [0.15, 0.2) is 23.2 Å². The van der Waals surface area contributed by atoms with E-state index in [-0.39, 0.29) is 5.91 Å². The highest BCUT2D eigenvalue weighted by Crippen LogP contribution is 2.27. The van der Waals surface area contributed by atoms with Gasteiger partial charge in [-0.2, -0.15) is 0 Å². The van der Waals surface area contributed by atoms with Crippen LogP contribution in [0.25, 0.3) is 0 Å². The van der Waals surface area contributed by atoms with Gasteiger partial charge in [0.1, 0.15) is 0 Å². The molecule has 0 saturated carbocycles. The van der Waals surface area contributed by atoms with Gasteiger partial charge in [-0.1, -0.05) is 6.07 Å². The molecule has 1 aromatic carbocycles. The van der Waals surface area contributed by atoms with E-state index in [1.807, 2.05) is 32.0 Å². The van der Waals surface area contributed by atoms with Crippen molar-refractivity contribution in [1.29, 1.82) is 0 Å². The SMILES string of the molecule is CCN(CC)C(=O)CCNC(N)=NCc1ccc(OC)c(OC)c1. The maximum atomic E-state index is 11.9. The smallest absolute Gasteiger partial charge is 0.224 e. The Morgan fingerprint density at radius 3 is 2.46 bits per heavy atom. The van der Waals surface area contributed by atoms with Crippen molar-refractivity contribution in [2.45, 2.75) is 26.8 Å². The molecule has 0 aliphatic rings. The summed E-state index contributed by atoms with van der Waals surface area (Å²) in [6.07, 6.45) is 0.397. The number of hydrogen-bond acceptors (Lipinski definition) is 4. The monoisotopic (exact) mass is 336 g/mol. The number of nitrogens with two attached hydrogens (primary N) is 1. The Labute approximate surface area is 143 Å². The van der Waals surface area contributed by atoms with Crippen LogP contribution in [-0.2, 0) is 11.3 Å². The number of nitrogens with zero attached hydrogens (tertiary/aromatic N) is 2. The first-order chi connectivity index (χ1) is 11.5. The summed E-state index contributed by atoms with van der Waals surface area (Å²) in [7, 11) is 3.19. The summed E-state index contributed by atoms with van der Waals surface area (Å²) in [5, 5.41) is 2.96. The summed E-state index contributed by atoms with van der Waals surface area (Å²) >= 11 is 0. The van der Waals surface area contributed by atoms with Gasteiger partial charge in [0.25, 0.3) is 0 Å². The van der Waals surface area contributed by atoms with E-state index in [0.29, 0.717) is 37.0 Å². The lowest BCUT2D eigenvalue weighted by molar-refractivity contribution is -0.130. The minimum atomic E-state index is 0.111. The maximum Gasteiger partial charge on any atom is 0.224 e. The van der Waals surface area contributed by atoms with E-state index in [1.165, 1.54) is 0 Å². The molecule has 0 spiro atoms. The Kier molecular flexibility index (Phi) is 8.46. The summed E-state index contributed by atoms with van der Waals surface area (Å²) in [4.78, 5) is 17.9. The topological polar surface area (TPSA) is 89.2 Å². The summed E-state index contributed by atoms with van der Waals surface area (Å²) in [5.74, 6) is 1.75. The Morgan fingerprint density at radius 1 is 1.21 bits per heavy atom. The number of carbonyl (C=O) groups is 1. The number of nitrogens with one attached hydrogen (secondary N) is 1. The number of ether oxygens (including phenoxy) is 2. The largest absolute Gasteiger partial charge is 0.493 e. The van der Waals surface area contributed by atoms with Crippen molar-refractivity contribution in [3.05, 3.63) is 23.8 Å². The average Bonchev–Trinajstić information content (AvgIpc) is 2.60. The Morgan fingerprint density at radius 2 is 1.88 bits per heavy atom. The van der Waals surface area contributed by atoms with Gasteiger partial charge in [-0.3, -0.25) is 4.79 Å². The van der Waals surface area contributed by atoms with Gasteiger partial charge >= 0.3 is 0 Å². The number of rotatable bonds is 9. The van der Waals surface area contributed by atoms with Crippen LogP contribution < -0.4 is 20.5 Å². The number of amides is 1. The van der Waals surface area contributed by atoms with Crippen LogP contribution in [0.5, 0.6) is 11.5 Å². The molecule has 134 valence electrons. The number of guanidine groups is 1. The van der Waals surface area contributed by atoms with Gasteiger partial charge in [0, 0.05) is 26.1 Å². The van der Waals surface area contributed by atoms with Gasteiger partial charge in [-0.25, -0.2) is 4.99 Å². The molecule has 0 aliphatic heterocycles. The van der Waals surface area contributed by atoms with E-state index in [9.17, 15) is 4.79 Å². The quantitative estimate of drug-likeness (QED) is 0.525. The molecule has 0 heterocycles. The van der Waals surface area contributed by atoms with Crippen molar-refractivity contribution in [1.82, 2.24) is 10.2 Å². The normalized spacial score (nSPS) is 11.1. The molecule has 24 heavy (non-hydrogen) atoms. The lowest BCUT2D eigenvalue weighted by Crippen LogP contribution is -2.37. The highest BCUT2D eigenvalue weighted by atomic mass is 16.5. The van der Waals surface area contributed by atoms with E-state index in [1.54, 1.807) is 19.1 Å². The molecule has 7 heteroatoms. The molecule has 0 aliphatic carbocycles. The predicted molar refractivity (Wildman–Crippen MR) is 95.4 cm³/mol. The molecule has 0 atom stereocenters. The first-order valence-electron chi connectivity index (χ1n) is 8.08. The van der Waals surface area contributed by atoms with Crippen LogP contribution in [0.4, 0.5) is 0 Å². The number of aliphatic imine (C=N–C) groups is 1. The molecule has 3 N–H and O–H groups in total. The molecule has 0 bridgehead atoms. The standard InChI is InChI=1S/C17H28N4O3/c1-5-21(6-2)16(22)9-10-19-17(18)20-12-13-7-8-14(23-3)15(11-13)24-4/h7-8,11H,5-6,9-10,12H2,1-4H3,(H3,18,19,20). The summed E-state index contributed by atoms with van der Waals surface area (Å²) in [6.45, 7) is 6.26. The Balaban J connectivity index is 2.48. The zero-order valence-corrected chi connectivity index (χ0v) is 15.0. The first kappa shape index (κ1) is 19.6. The van der Waals surface area contributed by atoms with E-state index in [2.05, 4.69) is 10.3 Å². The maximum absolute atomic E-state index is 11.9. The molecule has 0 fully saturated rings. The second-order valence-corrected chi connectivity index (χ2v) is 5.13. The molecule has 1 amide bonds. The van der Waals surface area contributed by atoms with E-state index < -0.39 is 0 Å². The van der Waals surface area contributed by atoms with Crippen LogP contribution in [0.2, 0.25) is 0 Å². The third-order valence-corrected chi connectivity index (χ3v) is 3.64. The number of methoxy groups -OCH3 is 2. The fraction of sp³-hybridized carbons (Fsp3) is 0.529. The summed E-state index contributed by atoms with van der Waals surface area (Å²) < 4.78 is 10.5. The van der Waals surface area contributed by atoms with E-state index >= 15 is 0 Å². The predicted octanol–water partition coefficient (Wildman–Crippen LogP) is 1.37. The zero-order chi connectivity index (χ0) is 17.9. The molecule has 7 nitrogen and oxygen atoms in total. The van der Waals surface area contributed by atoms with Gasteiger partial charge in [0.05, 0.1) is 20.8 Å². The van der Waals surface area contributed by atoms with Crippen molar-refractivity contribution in [3.63, 3.8) is 0 Å². The fourth-order valence-corrected chi connectivity index (χ4v) is 2.24. The Bertz CT molecular complexity index is 557. The molecular formula is C17H28N4O3.